The average molecular weight is 303 g/mol. The van der Waals surface area contributed by atoms with Crippen LogP contribution in [0.1, 0.15) is 24.8 Å². The first-order valence-corrected chi connectivity index (χ1v) is 6.39. The fraction of sp³-hybridized carbons (Fsp3) is 0.538. The van der Waals surface area contributed by atoms with E-state index in [4.69, 9.17) is 5.26 Å². The summed E-state index contributed by atoms with van der Waals surface area (Å²) in [7, 11) is 0. The predicted molar refractivity (Wildman–Crippen MR) is 66.6 cm³/mol. The molecule has 0 unspecified atom stereocenters. The molecule has 114 valence electrons. The molecule has 1 saturated heterocycles. The summed E-state index contributed by atoms with van der Waals surface area (Å²) in [6.07, 6.45) is 0.799. The Kier molecular flexibility index (Phi) is 4.50. The number of halogens is 4. The molecule has 0 amide bonds. The smallest absolute Gasteiger partial charge is 0.387 e. The molecule has 0 atom stereocenters. The number of nitrogens with zero attached hydrogens (tertiary/aromatic N) is 3. The van der Waals surface area contributed by atoms with Crippen LogP contribution in [0.4, 0.5) is 23.4 Å². The second kappa shape index (κ2) is 6.16. The van der Waals surface area contributed by atoms with Crippen molar-refractivity contribution in [1.29, 1.82) is 5.26 Å². The number of anilines is 1. The van der Waals surface area contributed by atoms with E-state index in [2.05, 4.69) is 9.72 Å². The van der Waals surface area contributed by atoms with Crippen LogP contribution in [-0.2, 0) is 0 Å². The van der Waals surface area contributed by atoms with Crippen molar-refractivity contribution in [3.8, 4) is 11.8 Å². The summed E-state index contributed by atoms with van der Waals surface area (Å²) in [5.74, 6) is -2.73. The minimum absolute atomic E-state index is 0.0263. The number of pyridine rings is 1. The van der Waals surface area contributed by atoms with Crippen LogP contribution in [-0.4, -0.2) is 30.6 Å². The number of hydrogen-bond acceptors (Lipinski definition) is 4. The molecule has 8 heteroatoms. The minimum Gasteiger partial charge on any atom is -0.433 e. The first-order chi connectivity index (χ1) is 9.91. The Morgan fingerprint density at radius 2 is 2.10 bits per heavy atom. The van der Waals surface area contributed by atoms with Gasteiger partial charge in [-0.05, 0) is 6.42 Å². The second-order valence-electron chi connectivity index (χ2n) is 4.73. The zero-order valence-electron chi connectivity index (χ0n) is 11.0. The van der Waals surface area contributed by atoms with E-state index in [1.54, 1.807) is 4.90 Å². The largest absolute Gasteiger partial charge is 0.433 e. The highest BCUT2D eigenvalue weighted by molar-refractivity contribution is 5.56. The maximum absolute atomic E-state index is 13.3. The van der Waals surface area contributed by atoms with Crippen LogP contribution >= 0.6 is 0 Å². The highest BCUT2D eigenvalue weighted by Gasteiger charge is 2.32. The highest BCUT2D eigenvalue weighted by atomic mass is 19.3. The van der Waals surface area contributed by atoms with Gasteiger partial charge in [-0.3, -0.25) is 0 Å². The first kappa shape index (κ1) is 15.4. The van der Waals surface area contributed by atoms with Crippen molar-refractivity contribution in [3.63, 3.8) is 0 Å². The normalized spacial score (nSPS) is 18.2. The van der Waals surface area contributed by atoms with Gasteiger partial charge in [0.2, 0.25) is 5.92 Å². The number of ether oxygens (including phenoxy) is 1. The molecule has 0 bridgehead atoms. The SMILES string of the molecule is N#Cc1cc(OC(F)F)cnc1N1CCCC(F)(F)CC1. The molecule has 1 aromatic rings. The Morgan fingerprint density at radius 3 is 2.76 bits per heavy atom. The topological polar surface area (TPSA) is 49.1 Å². The number of hydrogen-bond donors (Lipinski definition) is 0. The quantitative estimate of drug-likeness (QED) is 0.805. The summed E-state index contributed by atoms with van der Waals surface area (Å²) < 4.78 is 55.1. The third kappa shape index (κ3) is 3.97. The van der Waals surface area contributed by atoms with Gasteiger partial charge in [0, 0.05) is 32.0 Å². The van der Waals surface area contributed by atoms with Gasteiger partial charge in [-0.25, -0.2) is 13.8 Å². The molecule has 1 aliphatic heterocycles. The van der Waals surface area contributed by atoms with E-state index < -0.39 is 12.5 Å². The van der Waals surface area contributed by atoms with Crippen molar-refractivity contribution in [1.82, 2.24) is 4.98 Å². The molecule has 0 aromatic carbocycles. The summed E-state index contributed by atoms with van der Waals surface area (Å²) in [5, 5.41) is 9.07. The Labute approximate surface area is 118 Å². The van der Waals surface area contributed by atoms with Gasteiger partial charge in [-0.15, -0.1) is 0 Å². The van der Waals surface area contributed by atoms with Gasteiger partial charge in [0.25, 0.3) is 0 Å². The molecule has 21 heavy (non-hydrogen) atoms. The van der Waals surface area contributed by atoms with Gasteiger partial charge in [0.05, 0.1) is 11.8 Å². The average Bonchev–Trinajstić information content (AvgIpc) is 2.59. The fourth-order valence-electron chi connectivity index (χ4n) is 2.22. The lowest BCUT2D eigenvalue weighted by molar-refractivity contribution is -0.0500. The van der Waals surface area contributed by atoms with Gasteiger partial charge in [0.15, 0.2) is 0 Å². The van der Waals surface area contributed by atoms with E-state index in [-0.39, 0.29) is 42.9 Å². The van der Waals surface area contributed by atoms with Crippen LogP contribution < -0.4 is 9.64 Å². The van der Waals surface area contributed by atoms with Gasteiger partial charge in [-0.2, -0.15) is 14.0 Å². The molecule has 4 nitrogen and oxygen atoms in total. The Morgan fingerprint density at radius 1 is 1.33 bits per heavy atom. The van der Waals surface area contributed by atoms with Crippen molar-refractivity contribution in [2.24, 2.45) is 0 Å². The van der Waals surface area contributed by atoms with Crippen molar-refractivity contribution >= 4 is 5.82 Å². The number of alkyl halides is 4. The molecule has 0 aliphatic carbocycles. The van der Waals surface area contributed by atoms with Gasteiger partial charge >= 0.3 is 6.61 Å². The van der Waals surface area contributed by atoms with E-state index in [1.165, 1.54) is 0 Å². The summed E-state index contributed by atoms with van der Waals surface area (Å²) in [6, 6.07) is 2.97. The Balaban J connectivity index is 2.21. The van der Waals surface area contributed by atoms with Crippen LogP contribution in [0.25, 0.3) is 0 Å². The molecular formula is C13H13F4N3O. The maximum Gasteiger partial charge on any atom is 0.387 e. The lowest BCUT2D eigenvalue weighted by Crippen LogP contribution is -2.27. The van der Waals surface area contributed by atoms with Gasteiger partial charge < -0.3 is 9.64 Å². The first-order valence-electron chi connectivity index (χ1n) is 6.39. The monoisotopic (exact) mass is 303 g/mol. The predicted octanol–water partition coefficient (Wildman–Crippen LogP) is 3.18. The molecule has 2 heterocycles. The van der Waals surface area contributed by atoms with Crippen LogP contribution in [0, 0.1) is 11.3 Å². The summed E-state index contributed by atoms with van der Waals surface area (Å²) in [6.45, 7) is -2.61. The van der Waals surface area contributed by atoms with E-state index >= 15 is 0 Å². The van der Waals surface area contributed by atoms with E-state index in [0.29, 0.717) is 6.54 Å². The van der Waals surface area contributed by atoms with Crippen molar-refractivity contribution < 1.29 is 22.3 Å². The number of aromatic nitrogens is 1. The molecule has 2 rings (SSSR count). The molecule has 0 radical (unpaired) electrons. The molecule has 1 aliphatic rings. The maximum atomic E-state index is 13.3. The molecule has 1 fully saturated rings. The van der Waals surface area contributed by atoms with Crippen LogP contribution in [0.3, 0.4) is 0 Å². The van der Waals surface area contributed by atoms with E-state index in [1.807, 2.05) is 6.07 Å². The van der Waals surface area contributed by atoms with Crippen molar-refractivity contribution in [3.05, 3.63) is 17.8 Å². The third-order valence-corrected chi connectivity index (χ3v) is 3.20. The highest BCUT2D eigenvalue weighted by Crippen LogP contribution is 2.31. The van der Waals surface area contributed by atoms with Crippen LogP contribution in [0.15, 0.2) is 12.3 Å². The van der Waals surface area contributed by atoms with Crippen molar-refractivity contribution in [2.75, 3.05) is 18.0 Å². The van der Waals surface area contributed by atoms with E-state index in [0.717, 1.165) is 12.3 Å². The van der Waals surface area contributed by atoms with Crippen LogP contribution in [0.5, 0.6) is 5.75 Å². The Bertz CT molecular complexity index is 545. The second-order valence-corrected chi connectivity index (χ2v) is 4.73. The molecule has 0 N–H and O–H groups in total. The van der Waals surface area contributed by atoms with E-state index in [9.17, 15) is 17.6 Å². The summed E-state index contributed by atoms with van der Waals surface area (Å²) >= 11 is 0. The minimum atomic E-state index is -3.01. The fourth-order valence-corrected chi connectivity index (χ4v) is 2.22. The molecule has 0 spiro atoms. The Hall–Kier alpha value is -2.04. The zero-order valence-corrected chi connectivity index (χ0v) is 11.0. The third-order valence-electron chi connectivity index (χ3n) is 3.20. The lowest BCUT2D eigenvalue weighted by atomic mass is 10.1. The molecular weight excluding hydrogens is 290 g/mol. The lowest BCUT2D eigenvalue weighted by Gasteiger charge is -2.22. The van der Waals surface area contributed by atoms with Gasteiger partial charge in [0.1, 0.15) is 17.6 Å². The summed E-state index contributed by atoms with van der Waals surface area (Å²) in [5.41, 5.74) is 0.0263. The standard InChI is InChI=1S/C13H13F4N3O/c14-12(15)21-10-6-9(7-18)11(19-8-10)20-4-1-2-13(16,17)3-5-20/h6,8,12H,1-5H2. The number of nitriles is 1. The van der Waals surface area contributed by atoms with Crippen LogP contribution in [0.2, 0.25) is 0 Å². The van der Waals surface area contributed by atoms with Crippen molar-refractivity contribution in [2.45, 2.75) is 31.8 Å². The number of rotatable bonds is 3. The van der Waals surface area contributed by atoms with Gasteiger partial charge in [-0.1, -0.05) is 0 Å². The molecule has 1 aromatic heterocycles. The summed E-state index contributed by atoms with van der Waals surface area (Å²) in [4.78, 5) is 5.49. The zero-order chi connectivity index (χ0) is 15.5. The molecule has 0 saturated carbocycles.